The van der Waals surface area contributed by atoms with Crippen LogP contribution in [0.15, 0.2) is 66.1 Å². The molecular formula is C19H21N5S. The Bertz CT molecular complexity index is 808. The van der Waals surface area contributed by atoms with Crippen LogP contribution in [0.5, 0.6) is 0 Å². The van der Waals surface area contributed by atoms with E-state index in [0.29, 0.717) is 6.54 Å². The fraction of sp³-hybridized carbons (Fsp3) is 0.211. The SMILES string of the molecule is CN(C)c1cc(CNc2cncc(SCc3ccccc3)n2)ccn1. The maximum atomic E-state index is 4.62. The van der Waals surface area contributed by atoms with E-state index in [2.05, 4.69) is 50.6 Å². The summed E-state index contributed by atoms with van der Waals surface area (Å²) in [5, 5.41) is 4.25. The lowest BCUT2D eigenvalue weighted by molar-refractivity contribution is 1.00. The molecule has 3 rings (SSSR count). The number of pyridine rings is 1. The Morgan fingerprint density at radius 1 is 1.04 bits per heavy atom. The van der Waals surface area contributed by atoms with Gasteiger partial charge in [0.25, 0.3) is 0 Å². The van der Waals surface area contributed by atoms with Crippen molar-refractivity contribution in [1.82, 2.24) is 15.0 Å². The molecule has 0 amide bonds. The molecule has 0 fully saturated rings. The van der Waals surface area contributed by atoms with Gasteiger partial charge in [-0.3, -0.25) is 4.98 Å². The average molecular weight is 351 g/mol. The van der Waals surface area contributed by atoms with Crippen molar-refractivity contribution in [1.29, 1.82) is 0 Å². The lowest BCUT2D eigenvalue weighted by Crippen LogP contribution is -2.11. The zero-order valence-corrected chi connectivity index (χ0v) is 15.2. The number of nitrogens with one attached hydrogen (secondary N) is 1. The quantitative estimate of drug-likeness (QED) is 0.653. The van der Waals surface area contributed by atoms with Crippen LogP contribution < -0.4 is 10.2 Å². The smallest absolute Gasteiger partial charge is 0.146 e. The predicted octanol–water partition coefficient (Wildman–Crippen LogP) is 3.84. The van der Waals surface area contributed by atoms with E-state index in [-0.39, 0.29) is 0 Å². The summed E-state index contributed by atoms with van der Waals surface area (Å²) in [5.41, 5.74) is 2.43. The standard InChI is InChI=1S/C19H21N5S/c1-24(2)18-10-16(8-9-21-18)11-22-17-12-20-13-19(23-17)25-14-15-6-4-3-5-7-15/h3-10,12-13H,11,14H2,1-2H3,(H,22,23). The lowest BCUT2D eigenvalue weighted by Gasteiger charge is -2.12. The van der Waals surface area contributed by atoms with E-state index in [0.717, 1.165) is 28.0 Å². The molecule has 128 valence electrons. The van der Waals surface area contributed by atoms with Crippen molar-refractivity contribution < 1.29 is 0 Å². The third-order valence-corrected chi connectivity index (χ3v) is 4.55. The molecule has 0 bridgehead atoms. The van der Waals surface area contributed by atoms with Crippen molar-refractivity contribution in [3.05, 3.63) is 72.2 Å². The molecule has 0 aliphatic heterocycles. The molecule has 0 saturated carbocycles. The van der Waals surface area contributed by atoms with E-state index >= 15 is 0 Å². The molecule has 1 aromatic carbocycles. The molecule has 0 radical (unpaired) electrons. The first kappa shape index (κ1) is 17.2. The van der Waals surface area contributed by atoms with Crippen molar-refractivity contribution >= 4 is 23.4 Å². The van der Waals surface area contributed by atoms with Crippen LogP contribution in [0.2, 0.25) is 0 Å². The molecule has 0 saturated heterocycles. The summed E-state index contributed by atoms with van der Waals surface area (Å²) in [7, 11) is 3.97. The van der Waals surface area contributed by atoms with Gasteiger partial charge in [0.2, 0.25) is 0 Å². The maximum Gasteiger partial charge on any atom is 0.146 e. The summed E-state index contributed by atoms with van der Waals surface area (Å²) in [6.45, 7) is 0.685. The highest BCUT2D eigenvalue weighted by molar-refractivity contribution is 7.98. The van der Waals surface area contributed by atoms with Crippen molar-refractivity contribution in [2.45, 2.75) is 17.3 Å². The van der Waals surface area contributed by atoms with Gasteiger partial charge in [-0.1, -0.05) is 30.3 Å². The van der Waals surface area contributed by atoms with Gasteiger partial charge in [-0.25, -0.2) is 9.97 Å². The third kappa shape index (κ3) is 5.19. The molecule has 0 unspecified atom stereocenters. The van der Waals surface area contributed by atoms with Crippen molar-refractivity contribution in [3.8, 4) is 0 Å². The monoisotopic (exact) mass is 351 g/mol. The number of anilines is 2. The van der Waals surface area contributed by atoms with Gasteiger partial charge >= 0.3 is 0 Å². The minimum Gasteiger partial charge on any atom is -0.365 e. The Balaban J connectivity index is 1.59. The zero-order valence-electron chi connectivity index (χ0n) is 14.4. The van der Waals surface area contributed by atoms with E-state index in [4.69, 9.17) is 0 Å². The fourth-order valence-corrected chi connectivity index (χ4v) is 3.05. The van der Waals surface area contributed by atoms with Crippen LogP contribution in [-0.4, -0.2) is 29.0 Å². The van der Waals surface area contributed by atoms with E-state index in [1.165, 1.54) is 5.56 Å². The summed E-state index contributed by atoms with van der Waals surface area (Å²) in [6.07, 6.45) is 5.38. The highest BCUT2D eigenvalue weighted by Gasteiger charge is 2.03. The summed E-state index contributed by atoms with van der Waals surface area (Å²) in [5.74, 6) is 2.61. The molecule has 0 aliphatic rings. The van der Waals surface area contributed by atoms with E-state index in [1.807, 2.05) is 37.3 Å². The van der Waals surface area contributed by atoms with Crippen LogP contribution >= 0.6 is 11.8 Å². The van der Waals surface area contributed by atoms with E-state index in [9.17, 15) is 0 Å². The van der Waals surface area contributed by atoms with Crippen LogP contribution in [0.25, 0.3) is 0 Å². The van der Waals surface area contributed by atoms with Gasteiger partial charge in [0.1, 0.15) is 16.7 Å². The van der Waals surface area contributed by atoms with E-state index in [1.54, 1.807) is 24.2 Å². The molecule has 2 aromatic heterocycles. The molecule has 3 aromatic rings. The van der Waals surface area contributed by atoms with Crippen molar-refractivity contribution in [2.24, 2.45) is 0 Å². The second kappa shape index (κ2) is 8.48. The first-order chi connectivity index (χ1) is 12.2. The van der Waals surface area contributed by atoms with Crippen LogP contribution in [0.3, 0.4) is 0 Å². The molecule has 6 heteroatoms. The van der Waals surface area contributed by atoms with Gasteiger partial charge in [0.05, 0.1) is 12.4 Å². The number of hydrogen-bond acceptors (Lipinski definition) is 6. The number of rotatable bonds is 7. The summed E-state index contributed by atoms with van der Waals surface area (Å²) in [4.78, 5) is 15.2. The van der Waals surface area contributed by atoms with Gasteiger partial charge in [0.15, 0.2) is 0 Å². The topological polar surface area (TPSA) is 53.9 Å². The molecule has 0 spiro atoms. The number of thioether (sulfide) groups is 1. The minimum atomic E-state index is 0.685. The molecule has 0 atom stereocenters. The lowest BCUT2D eigenvalue weighted by atomic mass is 10.2. The number of hydrogen-bond donors (Lipinski definition) is 1. The van der Waals surface area contributed by atoms with Gasteiger partial charge < -0.3 is 10.2 Å². The average Bonchev–Trinajstić information content (AvgIpc) is 2.66. The van der Waals surface area contributed by atoms with E-state index < -0.39 is 0 Å². The highest BCUT2D eigenvalue weighted by atomic mass is 32.2. The predicted molar refractivity (Wildman–Crippen MR) is 104 cm³/mol. The number of benzene rings is 1. The number of aromatic nitrogens is 3. The van der Waals surface area contributed by atoms with Crippen LogP contribution in [0.1, 0.15) is 11.1 Å². The zero-order chi connectivity index (χ0) is 17.5. The Kier molecular flexibility index (Phi) is 5.85. The molecule has 25 heavy (non-hydrogen) atoms. The Morgan fingerprint density at radius 2 is 1.88 bits per heavy atom. The Morgan fingerprint density at radius 3 is 2.68 bits per heavy atom. The summed E-state index contributed by atoms with van der Waals surface area (Å²) < 4.78 is 0. The van der Waals surface area contributed by atoms with Crippen molar-refractivity contribution in [3.63, 3.8) is 0 Å². The Labute approximate surface area is 152 Å². The molecule has 0 aliphatic carbocycles. The minimum absolute atomic E-state index is 0.685. The van der Waals surface area contributed by atoms with Crippen LogP contribution in [-0.2, 0) is 12.3 Å². The molecule has 5 nitrogen and oxygen atoms in total. The van der Waals surface area contributed by atoms with Gasteiger partial charge in [0, 0.05) is 32.6 Å². The second-order valence-electron chi connectivity index (χ2n) is 5.79. The second-order valence-corrected chi connectivity index (χ2v) is 6.78. The molecule has 1 N–H and O–H groups in total. The first-order valence-electron chi connectivity index (χ1n) is 8.05. The van der Waals surface area contributed by atoms with Crippen LogP contribution in [0, 0.1) is 0 Å². The first-order valence-corrected chi connectivity index (χ1v) is 9.04. The molecular weight excluding hydrogens is 330 g/mol. The van der Waals surface area contributed by atoms with Gasteiger partial charge in [-0.2, -0.15) is 0 Å². The fourth-order valence-electron chi connectivity index (χ4n) is 2.24. The third-order valence-electron chi connectivity index (χ3n) is 3.58. The maximum absolute atomic E-state index is 4.62. The van der Waals surface area contributed by atoms with Gasteiger partial charge in [-0.15, -0.1) is 11.8 Å². The number of nitrogens with zero attached hydrogens (tertiary/aromatic N) is 4. The highest BCUT2D eigenvalue weighted by Crippen LogP contribution is 2.21. The molecule has 2 heterocycles. The Hall–Kier alpha value is -2.60. The van der Waals surface area contributed by atoms with Crippen LogP contribution in [0.4, 0.5) is 11.6 Å². The van der Waals surface area contributed by atoms with Crippen molar-refractivity contribution in [2.75, 3.05) is 24.3 Å². The largest absolute Gasteiger partial charge is 0.365 e. The van der Waals surface area contributed by atoms with Gasteiger partial charge in [-0.05, 0) is 23.3 Å². The normalized spacial score (nSPS) is 10.5. The summed E-state index contributed by atoms with van der Waals surface area (Å²) >= 11 is 1.69. The summed E-state index contributed by atoms with van der Waals surface area (Å²) in [6, 6.07) is 14.4.